The minimum Gasteiger partial charge on any atom is -0.496 e. The summed E-state index contributed by atoms with van der Waals surface area (Å²) in [5.74, 6) is 1.23. The first-order valence-electron chi connectivity index (χ1n) is 8.18. The van der Waals surface area contributed by atoms with Gasteiger partial charge in [0.25, 0.3) is 0 Å². The van der Waals surface area contributed by atoms with Crippen LogP contribution in [0.25, 0.3) is 0 Å². The zero-order valence-corrected chi connectivity index (χ0v) is 12.3. The second kappa shape index (κ2) is 5.84. The monoisotopic (exact) mass is 264 g/mol. The smallest absolute Gasteiger partial charge is 0.111 e. The fourth-order valence-electron chi connectivity index (χ4n) is 4.33. The molecule has 2 heterocycles. The molecule has 2 fully saturated rings. The summed E-state index contributed by atoms with van der Waals surface area (Å²) in [5.41, 5.74) is 0.336. The molecule has 0 radical (unpaired) electrons. The largest absolute Gasteiger partial charge is 0.496 e. The zero-order valence-electron chi connectivity index (χ0n) is 12.3. The van der Waals surface area contributed by atoms with Crippen LogP contribution in [0.3, 0.4) is 0 Å². The maximum absolute atomic E-state index is 5.94. The van der Waals surface area contributed by atoms with Crippen LogP contribution >= 0.6 is 0 Å². The van der Waals surface area contributed by atoms with E-state index in [0.717, 1.165) is 19.6 Å². The van der Waals surface area contributed by atoms with Gasteiger partial charge in [0.15, 0.2) is 0 Å². The molecular weight excluding hydrogens is 236 g/mol. The molecule has 3 aliphatic rings. The lowest BCUT2D eigenvalue weighted by atomic mass is 9.84. The fourth-order valence-corrected chi connectivity index (χ4v) is 4.33. The van der Waals surface area contributed by atoms with Crippen molar-refractivity contribution < 1.29 is 4.74 Å². The molecule has 3 nitrogen and oxygen atoms in total. The summed E-state index contributed by atoms with van der Waals surface area (Å²) in [6.45, 7) is 6.70. The summed E-state index contributed by atoms with van der Waals surface area (Å²) in [7, 11) is 0. The molecule has 1 saturated carbocycles. The summed E-state index contributed by atoms with van der Waals surface area (Å²) in [6.07, 6.45) is 11.6. The molecule has 1 atom stereocenters. The normalized spacial score (nSPS) is 28.4. The molecule has 0 amide bonds. The van der Waals surface area contributed by atoms with Gasteiger partial charge in [-0.1, -0.05) is 19.8 Å². The SMILES string of the molecule is CCNC(C1=CCCO1)C1(N2CCCC2)CCCC1. The first-order valence-corrected chi connectivity index (χ1v) is 8.18. The quantitative estimate of drug-likeness (QED) is 0.826. The predicted molar refractivity (Wildman–Crippen MR) is 78.1 cm³/mol. The second-order valence-electron chi connectivity index (χ2n) is 6.24. The van der Waals surface area contributed by atoms with Gasteiger partial charge in [-0.15, -0.1) is 0 Å². The minimum atomic E-state index is 0.336. The van der Waals surface area contributed by atoms with Crippen molar-refractivity contribution in [1.29, 1.82) is 0 Å². The highest BCUT2D eigenvalue weighted by Crippen LogP contribution is 2.42. The Balaban J connectivity index is 1.86. The number of likely N-dealkylation sites (N-methyl/N-ethyl adjacent to an activating group) is 1. The van der Waals surface area contributed by atoms with Gasteiger partial charge in [-0.3, -0.25) is 4.90 Å². The fraction of sp³-hybridized carbons (Fsp3) is 0.875. The lowest BCUT2D eigenvalue weighted by Gasteiger charge is -2.45. The van der Waals surface area contributed by atoms with Crippen LogP contribution in [-0.4, -0.2) is 42.7 Å². The van der Waals surface area contributed by atoms with Crippen LogP contribution in [0.1, 0.15) is 51.9 Å². The lowest BCUT2D eigenvalue weighted by Crippen LogP contribution is -2.60. The molecule has 3 heteroatoms. The van der Waals surface area contributed by atoms with Crippen molar-refractivity contribution in [3.05, 3.63) is 11.8 Å². The Labute approximate surface area is 117 Å². The number of hydrogen-bond donors (Lipinski definition) is 1. The van der Waals surface area contributed by atoms with E-state index < -0.39 is 0 Å². The molecule has 19 heavy (non-hydrogen) atoms. The van der Waals surface area contributed by atoms with Gasteiger partial charge in [0, 0.05) is 12.0 Å². The third-order valence-electron chi connectivity index (χ3n) is 5.17. The van der Waals surface area contributed by atoms with Gasteiger partial charge >= 0.3 is 0 Å². The van der Waals surface area contributed by atoms with E-state index in [4.69, 9.17) is 4.74 Å². The Bertz CT molecular complexity index is 328. The molecule has 108 valence electrons. The number of ether oxygens (including phenoxy) is 1. The molecule has 0 aromatic rings. The van der Waals surface area contributed by atoms with Gasteiger partial charge in [0.05, 0.1) is 12.6 Å². The van der Waals surface area contributed by atoms with Crippen LogP contribution in [0.5, 0.6) is 0 Å². The summed E-state index contributed by atoms with van der Waals surface area (Å²) >= 11 is 0. The van der Waals surface area contributed by atoms with Crippen LogP contribution in [0.2, 0.25) is 0 Å². The maximum atomic E-state index is 5.94. The Morgan fingerprint density at radius 2 is 2.00 bits per heavy atom. The van der Waals surface area contributed by atoms with E-state index in [9.17, 15) is 0 Å². The van der Waals surface area contributed by atoms with E-state index in [1.165, 1.54) is 57.4 Å². The highest BCUT2D eigenvalue weighted by molar-refractivity contribution is 5.19. The average molecular weight is 264 g/mol. The summed E-state index contributed by atoms with van der Waals surface area (Å²) in [5, 5.41) is 3.75. The van der Waals surface area contributed by atoms with E-state index in [1.807, 2.05) is 0 Å². The molecule has 1 unspecified atom stereocenters. The average Bonchev–Trinajstić information content (AvgIpc) is 3.15. The van der Waals surface area contributed by atoms with Gasteiger partial charge in [0.1, 0.15) is 5.76 Å². The third kappa shape index (κ3) is 2.43. The van der Waals surface area contributed by atoms with E-state index in [0.29, 0.717) is 11.6 Å². The standard InChI is InChI=1S/C16H28N2O/c1-2-17-15(14-8-7-13-19-14)16(9-3-4-10-16)18-11-5-6-12-18/h8,15,17H,2-7,9-13H2,1H3. The molecule has 0 aromatic carbocycles. The first-order chi connectivity index (χ1) is 9.37. The molecule has 0 spiro atoms. The van der Waals surface area contributed by atoms with E-state index in [2.05, 4.69) is 23.2 Å². The van der Waals surface area contributed by atoms with Crippen molar-refractivity contribution in [2.24, 2.45) is 0 Å². The zero-order chi connectivity index (χ0) is 13.1. The first kappa shape index (κ1) is 13.4. The van der Waals surface area contributed by atoms with Gasteiger partial charge in [-0.2, -0.15) is 0 Å². The maximum Gasteiger partial charge on any atom is 0.111 e. The van der Waals surface area contributed by atoms with Crippen molar-refractivity contribution in [2.45, 2.75) is 63.5 Å². The van der Waals surface area contributed by atoms with Crippen molar-refractivity contribution >= 4 is 0 Å². The topological polar surface area (TPSA) is 24.5 Å². The summed E-state index contributed by atoms with van der Waals surface area (Å²) < 4.78 is 5.94. The van der Waals surface area contributed by atoms with E-state index in [1.54, 1.807) is 0 Å². The number of hydrogen-bond acceptors (Lipinski definition) is 3. The molecule has 0 aromatic heterocycles. The molecule has 2 aliphatic heterocycles. The van der Waals surface area contributed by atoms with Gasteiger partial charge < -0.3 is 10.1 Å². The number of nitrogens with one attached hydrogen (secondary N) is 1. The Kier molecular flexibility index (Phi) is 4.13. The molecule has 1 aliphatic carbocycles. The van der Waals surface area contributed by atoms with Gasteiger partial charge in [-0.05, 0) is 51.4 Å². The Hall–Kier alpha value is -0.540. The van der Waals surface area contributed by atoms with Crippen LogP contribution in [0.15, 0.2) is 11.8 Å². The van der Waals surface area contributed by atoms with Crippen LogP contribution in [0.4, 0.5) is 0 Å². The molecule has 1 saturated heterocycles. The van der Waals surface area contributed by atoms with Crippen molar-refractivity contribution in [1.82, 2.24) is 10.2 Å². The number of nitrogens with zero attached hydrogens (tertiary/aromatic N) is 1. The van der Waals surface area contributed by atoms with Crippen LogP contribution in [0, 0.1) is 0 Å². The van der Waals surface area contributed by atoms with Crippen molar-refractivity contribution in [2.75, 3.05) is 26.2 Å². The lowest BCUT2D eigenvalue weighted by molar-refractivity contribution is 0.0640. The van der Waals surface area contributed by atoms with Crippen molar-refractivity contribution in [3.8, 4) is 0 Å². The molecular formula is C16H28N2O. The van der Waals surface area contributed by atoms with Gasteiger partial charge in [-0.25, -0.2) is 0 Å². The predicted octanol–water partition coefficient (Wildman–Crippen LogP) is 2.68. The van der Waals surface area contributed by atoms with E-state index in [-0.39, 0.29) is 0 Å². The number of likely N-dealkylation sites (tertiary alicyclic amines) is 1. The van der Waals surface area contributed by atoms with Crippen molar-refractivity contribution in [3.63, 3.8) is 0 Å². The third-order valence-corrected chi connectivity index (χ3v) is 5.17. The Morgan fingerprint density at radius 3 is 2.58 bits per heavy atom. The molecule has 3 rings (SSSR count). The van der Waals surface area contributed by atoms with Gasteiger partial charge in [0.2, 0.25) is 0 Å². The second-order valence-corrected chi connectivity index (χ2v) is 6.24. The minimum absolute atomic E-state index is 0.336. The number of rotatable bonds is 5. The van der Waals surface area contributed by atoms with Crippen LogP contribution in [-0.2, 0) is 4.74 Å². The highest BCUT2D eigenvalue weighted by atomic mass is 16.5. The molecule has 0 bridgehead atoms. The van der Waals surface area contributed by atoms with Crippen LogP contribution < -0.4 is 5.32 Å². The molecule has 1 N–H and O–H groups in total. The van der Waals surface area contributed by atoms with E-state index >= 15 is 0 Å². The highest BCUT2D eigenvalue weighted by Gasteiger charge is 2.48. The Morgan fingerprint density at radius 1 is 1.26 bits per heavy atom. The summed E-state index contributed by atoms with van der Waals surface area (Å²) in [4.78, 5) is 2.77. The summed E-state index contributed by atoms with van der Waals surface area (Å²) in [6, 6.07) is 0.417.